The van der Waals surface area contributed by atoms with Crippen LogP contribution in [0.3, 0.4) is 0 Å². The molecule has 0 saturated carbocycles. The maximum Gasteiger partial charge on any atom is 0.415 e. The molecule has 16 heavy (non-hydrogen) atoms. The summed E-state index contributed by atoms with van der Waals surface area (Å²) in [6.07, 6.45) is -3.80. The molecule has 0 aromatic carbocycles. The van der Waals surface area contributed by atoms with Crippen molar-refractivity contribution in [3.05, 3.63) is 0 Å². The number of hydrogen-bond donors (Lipinski definition) is 3. The second-order valence-electron chi connectivity index (χ2n) is 4.40. The summed E-state index contributed by atoms with van der Waals surface area (Å²) >= 11 is 0. The fourth-order valence-electron chi connectivity index (χ4n) is 1.90. The van der Waals surface area contributed by atoms with Crippen molar-refractivity contribution < 1.29 is 18.3 Å². The van der Waals surface area contributed by atoms with Gasteiger partial charge in [-0.05, 0) is 32.7 Å². The van der Waals surface area contributed by atoms with Gasteiger partial charge in [0.2, 0.25) is 0 Å². The Balaban J connectivity index is 2.16. The van der Waals surface area contributed by atoms with E-state index in [0.717, 1.165) is 25.8 Å². The van der Waals surface area contributed by atoms with E-state index in [9.17, 15) is 13.2 Å². The van der Waals surface area contributed by atoms with Crippen molar-refractivity contribution in [2.75, 3.05) is 13.1 Å². The number of aliphatic hydroxyl groups is 1. The molecule has 1 aliphatic rings. The highest BCUT2D eigenvalue weighted by molar-refractivity contribution is 4.79. The van der Waals surface area contributed by atoms with Crippen molar-refractivity contribution >= 4 is 0 Å². The van der Waals surface area contributed by atoms with E-state index < -0.39 is 18.8 Å². The van der Waals surface area contributed by atoms with Crippen molar-refractivity contribution in [3.8, 4) is 0 Å². The molecule has 1 fully saturated rings. The lowest BCUT2D eigenvalue weighted by Crippen LogP contribution is -2.43. The lowest BCUT2D eigenvalue weighted by atomic mass is 10.1. The molecular weight excluding hydrogens is 221 g/mol. The molecule has 0 aromatic rings. The Morgan fingerprint density at radius 2 is 2.19 bits per heavy atom. The molecule has 1 heterocycles. The van der Waals surface area contributed by atoms with Gasteiger partial charge in [-0.2, -0.15) is 13.2 Å². The van der Waals surface area contributed by atoms with Gasteiger partial charge in [0.05, 0.1) is 0 Å². The zero-order valence-electron chi connectivity index (χ0n) is 9.35. The summed E-state index contributed by atoms with van der Waals surface area (Å²) in [7, 11) is 0. The van der Waals surface area contributed by atoms with Crippen LogP contribution in [0.1, 0.15) is 26.2 Å². The van der Waals surface area contributed by atoms with Crippen LogP contribution in [-0.2, 0) is 0 Å². The third kappa shape index (κ3) is 4.67. The maximum atomic E-state index is 12.0. The van der Waals surface area contributed by atoms with E-state index in [-0.39, 0.29) is 6.04 Å². The molecule has 0 bridgehead atoms. The zero-order chi connectivity index (χ0) is 12.2. The fourth-order valence-corrected chi connectivity index (χ4v) is 1.90. The SMILES string of the molecule is CC(CC1CCCN1)NCC(O)C(F)(F)F. The van der Waals surface area contributed by atoms with Crippen molar-refractivity contribution in [1.29, 1.82) is 0 Å². The Kier molecular flexibility index (Phi) is 5.01. The van der Waals surface area contributed by atoms with Gasteiger partial charge in [-0.15, -0.1) is 0 Å². The van der Waals surface area contributed by atoms with Crippen LogP contribution in [0.15, 0.2) is 0 Å². The van der Waals surface area contributed by atoms with Crippen LogP contribution < -0.4 is 10.6 Å². The summed E-state index contributed by atoms with van der Waals surface area (Å²) in [5.41, 5.74) is 0. The molecule has 1 aliphatic heterocycles. The smallest absolute Gasteiger partial charge is 0.382 e. The van der Waals surface area contributed by atoms with Gasteiger partial charge in [0.15, 0.2) is 6.10 Å². The van der Waals surface area contributed by atoms with Gasteiger partial charge in [-0.1, -0.05) is 0 Å². The first-order chi connectivity index (χ1) is 7.39. The predicted molar refractivity (Wildman–Crippen MR) is 55.2 cm³/mol. The minimum Gasteiger partial charge on any atom is -0.382 e. The van der Waals surface area contributed by atoms with Crippen LogP contribution in [0.25, 0.3) is 0 Å². The predicted octanol–water partition coefficient (Wildman–Crippen LogP) is 1.03. The van der Waals surface area contributed by atoms with Crippen LogP contribution in [0, 0.1) is 0 Å². The summed E-state index contributed by atoms with van der Waals surface area (Å²) in [6.45, 7) is 2.39. The highest BCUT2D eigenvalue weighted by Gasteiger charge is 2.37. The Labute approximate surface area is 93.4 Å². The molecular formula is C10H19F3N2O. The number of rotatable bonds is 5. The second kappa shape index (κ2) is 5.84. The Morgan fingerprint density at radius 1 is 1.50 bits per heavy atom. The van der Waals surface area contributed by atoms with Gasteiger partial charge >= 0.3 is 6.18 Å². The summed E-state index contributed by atoms with van der Waals surface area (Å²) in [5.74, 6) is 0. The van der Waals surface area contributed by atoms with Crippen LogP contribution in [0.5, 0.6) is 0 Å². The third-order valence-corrected chi connectivity index (χ3v) is 2.84. The number of aliphatic hydroxyl groups excluding tert-OH is 1. The molecule has 96 valence electrons. The molecule has 3 N–H and O–H groups in total. The molecule has 1 rings (SSSR count). The fraction of sp³-hybridized carbons (Fsp3) is 1.00. The van der Waals surface area contributed by atoms with Gasteiger partial charge in [-0.3, -0.25) is 0 Å². The molecule has 0 aromatic heterocycles. The summed E-state index contributed by atoms with van der Waals surface area (Å²) in [6, 6.07) is 0.373. The first-order valence-corrected chi connectivity index (χ1v) is 5.61. The van der Waals surface area contributed by atoms with E-state index in [1.807, 2.05) is 6.92 Å². The minimum absolute atomic E-state index is 0.0207. The Bertz CT molecular complexity index is 205. The van der Waals surface area contributed by atoms with Crippen molar-refractivity contribution in [2.45, 2.75) is 50.6 Å². The van der Waals surface area contributed by atoms with E-state index in [1.165, 1.54) is 0 Å². The molecule has 3 nitrogen and oxygen atoms in total. The number of alkyl halides is 3. The van der Waals surface area contributed by atoms with E-state index in [0.29, 0.717) is 6.04 Å². The molecule has 0 aliphatic carbocycles. The Morgan fingerprint density at radius 3 is 2.69 bits per heavy atom. The molecule has 3 unspecified atom stereocenters. The average molecular weight is 240 g/mol. The quantitative estimate of drug-likeness (QED) is 0.672. The Hall–Kier alpha value is -0.330. The maximum absolute atomic E-state index is 12.0. The molecule has 0 radical (unpaired) electrons. The lowest BCUT2D eigenvalue weighted by molar-refractivity contribution is -0.202. The monoisotopic (exact) mass is 240 g/mol. The van der Waals surface area contributed by atoms with Gasteiger partial charge in [-0.25, -0.2) is 0 Å². The van der Waals surface area contributed by atoms with E-state index in [2.05, 4.69) is 10.6 Å². The topological polar surface area (TPSA) is 44.3 Å². The summed E-state index contributed by atoms with van der Waals surface area (Å²) < 4.78 is 36.0. The summed E-state index contributed by atoms with van der Waals surface area (Å²) in [4.78, 5) is 0. The molecule has 1 saturated heterocycles. The lowest BCUT2D eigenvalue weighted by Gasteiger charge is -2.21. The molecule has 0 amide bonds. The first kappa shape index (κ1) is 13.7. The normalized spacial score (nSPS) is 25.7. The summed E-state index contributed by atoms with van der Waals surface area (Å²) in [5, 5.41) is 14.8. The largest absolute Gasteiger partial charge is 0.415 e. The van der Waals surface area contributed by atoms with Crippen molar-refractivity contribution in [1.82, 2.24) is 10.6 Å². The van der Waals surface area contributed by atoms with Crippen molar-refractivity contribution in [2.24, 2.45) is 0 Å². The number of hydrogen-bond acceptors (Lipinski definition) is 3. The zero-order valence-corrected chi connectivity index (χ0v) is 9.35. The van der Waals surface area contributed by atoms with Crippen LogP contribution in [-0.4, -0.2) is 42.6 Å². The van der Waals surface area contributed by atoms with Crippen LogP contribution in [0.2, 0.25) is 0 Å². The number of nitrogens with one attached hydrogen (secondary N) is 2. The van der Waals surface area contributed by atoms with E-state index >= 15 is 0 Å². The second-order valence-corrected chi connectivity index (χ2v) is 4.40. The molecule has 0 spiro atoms. The van der Waals surface area contributed by atoms with Gasteiger partial charge in [0.25, 0.3) is 0 Å². The van der Waals surface area contributed by atoms with E-state index in [1.54, 1.807) is 0 Å². The van der Waals surface area contributed by atoms with Gasteiger partial charge in [0.1, 0.15) is 0 Å². The van der Waals surface area contributed by atoms with E-state index in [4.69, 9.17) is 5.11 Å². The first-order valence-electron chi connectivity index (χ1n) is 5.61. The standard InChI is InChI=1S/C10H19F3N2O/c1-7(5-8-3-2-4-14-8)15-6-9(16)10(11,12)13/h7-9,14-16H,2-6H2,1H3. The third-order valence-electron chi connectivity index (χ3n) is 2.84. The molecule has 6 heteroatoms. The average Bonchev–Trinajstić information content (AvgIpc) is 2.65. The van der Waals surface area contributed by atoms with Gasteiger partial charge < -0.3 is 15.7 Å². The van der Waals surface area contributed by atoms with Crippen molar-refractivity contribution in [3.63, 3.8) is 0 Å². The number of halogens is 3. The highest BCUT2D eigenvalue weighted by atomic mass is 19.4. The highest BCUT2D eigenvalue weighted by Crippen LogP contribution is 2.19. The van der Waals surface area contributed by atoms with Crippen LogP contribution >= 0.6 is 0 Å². The van der Waals surface area contributed by atoms with Crippen LogP contribution in [0.4, 0.5) is 13.2 Å². The van der Waals surface area contributed by atoms with Gasteiger partial charge in [0, 0.05) is 18.6 Å². The molecule has 3 atom stereocenters. The minimum atomic E-state index is -4.53.